The summed E-state index contributed by atoms with van der Waals surface area (Å²) >= 11 is 0. The number of ether oxygens (including phenoxy) is 2. The molecule has 2 heterocycles. The highest BCUT2D eigenvalue weighted by Crippen LogP contribution is 2.29. The van der Waals surface area contributed by atoms with E-state index in [0.717, 1.165) is 0 Å². The van der Waals surface area contributed by atoms with Crippen molar-refractivity contribution in [3.63, 3.8) is 0 Å². The number of rotatable bonds is 3. The van der Waals surface area contributed by atoms with Gasteiger partial charge in [-0.3, -0.25) is 0 Å². The number of cyclic esters (lactones) is 2. The van der Waals surface area contributed by atoms with Crippen LogP contribution in [0.2, 0.25) is 0 Å². The lowest BCUT2D eigenvalue weighted by Crippen LogP contribution is -2.02. The number of hydrogen-bond donors (Lipinski definition) is 0. The van der Waals surface area contributed by atoms with Crippen molar-refractivity contribution < 1.29 is 23.5 Å². The van der Waals surface area contributed by atoms with Crippen molar-refractivity contribution in [2.75, 3.05) is 0 Å². The summed E-state index contributed by atoms with van der Waals surface area (Å²) in [6, 6.07) is 18.3. The minimum Gasteiger partial charge on any atom is -0.457 e. The minimum absolute atomic E-state index is 0.172. The van der Waals surface area contributed by atoms with Crippen molar-refractivity contribution in [3.8, 4) is 23.0 Å². The fraction of sp³-hybridized carbons (Fsp3) is 0. The van der Waals surface area contributed by atoms with E-state index in [1.165, 1.54) is 12.1 Å². The lowest BCUT2D eigenvalue weighted by Gasteiger charge is -2.07. The summed E-state index contributed by atoms with van der Waals surface area (Å²) in [6.45, 7) is 0. The number of hydrogen-bond acceptors (Lipinski definition) is 7. The molecule has 0 saturated carbocycles. The largest absolute Gasteiger partial charge is 0.457 e. The lowest BCUT2D eigenvalue weighted by atomic mass is 10.1. The van der Waals surface area contributed by atoms with Crippen LogP contribution >= 0.6 is 0 Å². The first-order valence-corrected chi connectivity index (χ1v) is 8.67. The molecule has 0 atom stereocenters. The maximum atomic E-state index is 12.1. The predicted molar refractivity (Wildman–Crippen MR) is 102 cm³/mol. The number of nitrogens with zero attached hydrogens (tertiary/aromatic N) is 1. The molecule has 29 heavy (non-hydrogen) atoms. The highest BCUT2D eigenvalue weighted by Gasteiger charge is 2.29. The summed E-state index contributed by atoms with van der Waals surface area (Å²) in [4.78, 5) is 39.7. The van der Waals surface area contributed by atoms with E-state index in [1.807, 2.05) is 0 Å². The van der Waals surface area contributed by atoms with Gasteiger partial charge in [-0.15, -0.1) is 0 Å². The van der Waals surface area contributed by atoms with E-state index in [9.17, 15) is 14.4 Å². The van der Waals surface area contributed by atoms with Crippen molar-refractivity contribution in [3.05, 3.63) is 88.3 Å². The Labute approximate surface area is 163 Å². The Morgan fingerprint density at radius 3 is 2.31 bits per heavy atom. The normalized spacial score (nSPS) is 12.7. The molecule has 0 unspecified atom stereocenters. The Morgan fingerprint density at radius 1 is 0.759 bits per heavy atom. The molecule has 0 spiro atoms. The molecule has 1 aliphatic rings. The minimum atomic E-state index is -0.691. The number of aromatic nitrogens is 1. The first kappa shape index (κ1) is 16.9. The summed E-state index contributed by atoms with van der Waals surface area (Å²) < 4.78 is 15.6. The highest BCUT2D eigenvalue weighted by molar-refractivity contribution is 6.14. The van der Waals surface area contributed by atoms with Crippen LogP contribution in [-0.2, 0) is 4.74 Å². The molecule has 0 bridgehead atoms. The fourth-order valence-electron chi connectivity index (χ4n) is 3.07. The maximum Gasteiger partial charge on any atom is 0.347 e. The molecule has 1 aliphatic heterocycles. The molecule has 7 heteroatoms. The van der Waals surface area contributed by atoms with Crippen LogP contribution in [0.5, 0.6) is 11.5 Å². The van der Waals surface area contributed by atoms with E-state index in [0.29, 0.717) is 28.0 Å². The highest BCUT2D eigenvalue weighted by atomic mass is 16.6. The van der Waals surface area contributed by atoms with Gasteiger partial charge in [0.15, 0.2) is 0 Å². The van der Waals surface area contributed by atoms with E-state index >= 15 is 0 Å². The van der Waals surface area contributed by atoms with Gasteiger partial charge in [-0.1, -0.05) is 12.1 Å². The first-order chi connectivity index (χ1) is 14.1. The van der Waals surface area contributed by atoms with Crippen LogP contribution in [0.15, 0.2) is 75.9 Å². The van der Waals surface area contributed by atoms with Crippen LogP contribution in [0.3, 0.4) is 0 Å². The van der Waals surface area contributed by atoms with Crippen molar-refractivity contribution in [1.82, 2.24) is 4.98 Å². The molecule has 3 aromatic carbocycles. The Kier molecular flexibility index (Phi) is 3.74. The molecule has 0 aliphatic carbocycles. The smallest absolute Gasteiger partial charge is 0.347 e. The third-order valence-electron chi connectivity index (χ3n) is 4.49. The van der Waals surface area contributed by atoms with Crippen molar-refractivity contribution in [2.24, 2.45) is 0 Å². The zero-order chi connectivity index (χ0) is 20.0. The lowest BCUT2D eigenvalue weighted by molar-refractivity contribution is 0.0443. The number of para-hydroxylation sites is 1. The summed E-state index contributed by atoms with van der Waals surface area (Å²) in [5.74, 6) is -0.263. The Bertz CT molecular complexity index is 1350. The zero-order valence-corrected chi connectivity index (χ0v) is 14.7. The summed E-state index contributed by atoms with van der Waals surface area (Å²) in [7, 11) is 0. The summed E-state index contributed by atoms with van der Waals surface area (Å²) in [6.07, 6.45) is 0. The molecule has 4 aromatic rings. The molecule has 0 radical (unpaired) electrons. The van der Waals surface area contributed by atoms with Gasteiger partial charge in [0.25, 0.3) is 0 Å². The molecule has 5 rings (SSSR count). The van der Waals surface area contributed by atoms with Crippen LogP contribution in [0.4, 0.5) is 0 Å². The van der Waals surface area contributed by atoms with E-state index in [2.05, 4.69) is 9.72 Å². The third kappa shape index (κ3) is 2.94. The van der Waals surface area contributed by atoms with Gasteiger partial charge in [0.2, 0.25) is 5.89 Å². The van der Waals surface area contributed by atoms with Gasteiger partial charge in [0.1, 0.15) is 11.5 Å². The first-order valence-electron chi connectivity index (χ1n) is 8.67. The second-order valence-corrected chi connectivity index (χ2v) is 6.33. The van der Waals surface area contributed by atoms with Crippen molar-refractivity contribution >= 4 is 22.8 Å². The molecule has 0 N–H and O–H groups in total. The second kappa shape index (κ2) is 6.42. The van der Waals surface area contributed by atoms with Crippen LogP contribution in [-0.4, -0.2) is 16.9 Å². The number of carbonyl (C=O) groups excluding carboxylic acids is 2. The average Bonchev–Trinajstić information content (AvgIpc) is 3.02. The molecule has 0 amide bonds. The van der Waals surface area contributed by atoms with Crippen molar-refractivity contribution in [1.29, 1.82) is 0 Å². The van der Waals surface area contributed by atoms with Gasteiger partial charge in [-0.25, -0.2) is 19.4 Å². The Hall–Kier alpha value is -4.26. The fourth-order valence-corrected chi connectivity index (χ4v) is 3.07. The van der Waals surface area contributed by atoms with Crippen molar-refractivity contribution in [2.45, 2.75) is 0 Å². The molecule has 0 saturated heterocycles. The second-order valence-electron chi connectivity index (χ2n) is 6.33. The Morgan fingerprint density at radius 2 is 1.48 bits per heavy atom. The van der Waals surface area contributed by atoms with Gasteiger partial charge >= 0.3 is 17.6 Å². The molecular weight excluding hydrogens is 374 g/mol. The topological polar surface area (TPSA) is 95.7 Å². The van der Waals surface area contributed by atoms with Crippen LogP contribution in [0.1, 0.15) is 20.7 Å². The molecule has 140 valence electrons. The number of benzene rings is 3. The number of carbonyl (C=O) groups is 2. The molecule has 7 nitrogen and oxygen atoms in total. The third-order valence-corrected chi connectivity index (χ3v) is 4.49. The van der Waals surface area contributed by atoms with Gasteiger partial charge in [-0.2, -0.15) is 0 Å². The SMILES string of the molecule is O=C1OC(=O)c2cc(Oc3ccc(-c4nc5ccccc5c(=O)o4)cc3)ccc21. The molecular formula is C22H11NO6. The summed E-state index contributed by atoms with van der Waals surface area (Å²) in [5.41, 5.74) is 1.11. The zero-order valence-electron chi connectivity index (χ0n) is 14.7. The Balaban J connectivity index is 1.43. The van der Waals surface area contributed by atoms with Crippen LogP contribution < -0.4 is 10.4 Å². The monoisotopic (exact) mass is 385 g/mol. The quantitative estimate of drug-likeness (QED) is 0.389. The maximum absolute atomic E-state index is 12.1. The van der Waals surface area contributed by atoms with Gasteiger partial charge in [-0.05, 0) is 54.6 Å². The van der Waals surface area contributed by atoms with E-state index in [1.54, 1.807) is 54.6 Å². The van der Waals surface area contributed by atoms with E-state index < -0.39 is 17.6 Å². The van der Waals surface area contributed by atoms with Gasteiger partial charge in [0.05, 0.1) is 22.0 Å². The average molecular weight is 385 g/mol. The van der Waals surface area contributed by atoms with E-state index in [4.69, 9.17) is 9.15 Å². The van der Waals surface area contributed by atoms with Crippen LogP contribution in [0, 0.1) is 0 Å². The predicted octanol–water partition coefficient (Wildman–Crippen LogP) is 3.96. The van der Waals surface area contributed by atoms with Crippen LogP contribution in [0.25, 0.3) is 22.4 Å². The number of esters is 2. The molecule has 0 fully saturated rings. The number of fused-ring (bicyclic) bond motifs is 2. The van der Waals surface area contributed by atoms with Gasteiger partial charge < -0.3 is 13.9 Å². The standard InChI is InChI=1S/C22H11NO6/c24-20-15-10-9-14(11-17(15)22(26)29-20)27-13-7-5-12(6-8-13)19-23-18-4-2-1-3-16(18)21(25)28-19/h1-11H. The van der Waals surface area contributed by atoms with E-state index in [-0.39, 0.29) is 17.0 Å². The summed E-state index contributed by atoms with van der Waals surface area (Å²) in [5, 5.41) is 0.421. The molecule has 1 aromatic heterocycles. The van der Waals surface area contributed by atoms with Gasteiger partial charge in [0, 0.05) is 5.56 Å².